The van der Waals surface area contributed by atoms with Crippen LogP contribution in [0.15, 0.2) is 61.1 Å². The van der Waals surface area contributed by atoms with E-state index in [4.69, 9.17) is 0 Å². The summed E-state index contributed by atoms with van der Waals surface area (Å²) in [6, 6.07) is 17.1. The van der Waals surface area contributed by atoms with Gasteiger partial charge >= 0.3 is 5.97 Å². The zero-order valence-electron chi connectivity index (χ0n) is 15.7. The minimum Gasteiger partial charge on any atom is -0.481 e. The third kappa shape index (κ3) is 4.13. The molecule has 3 aromatic rings. The van der Waals surface area contributed by atoms with Crippen molar-refractivity contribution in [1.82, 2.24) is 15.4 Å². The molecule has 1 aliphatic heterocycles. The van der Waals surface area contributed by atoms with E-state index >= 15 is 0 Å². The van der Waals surface area contributed by atoms with Gasteiger partial charge in [-0.05, 0) is 42.2 Å². The second-order valence-electron chi connectivity index (χ2n) is 7.19. The van der Waals surface area contributed by atoms with E-state index in [1.165, 1.54) is 0 Å². The number of benzene rings is 2. The van der Waals surface area contributed by atoms with Crippen LogP contribution in [0.3, 0.4) is 0 Å². The Balaban J connectivity index is 1.73. The van der Waals surface area contributed by atoms with Gasteiger partial charge in [-0.3, -0.25) is 4.79 Å². The average molecular weight is 387 g/mol. The van der Waals surface area contributed by atoms with Crippen molar-refractivity contribution in [2.45, 2.75) is 25.4 Å². The highest BCUT2D eigenvalue weighted by atomic mass is 16.4. The topological polar surface area (TPSA) is 105 Å². The van der Waals surface area contributed by atoms with Gasteiger partial charge in [0, 0.05) is 12.2 Å². The van der Waals surface area contributed by atoms with E-state index in [-0.39, 0.29) is 6.04 Å². The lowest BCUT2D eigenvalue weighted by Crippen LogP contribution is -2.49. The number of aromatic amines is 1. The van der Waals surface area contributed by atoms with Crippen molar-refractivity contribution < 1.29 is 9.90 Å². The van der Waals surface area contributed by atoms with Gasteiger partial charge in [0.15, 0.2) is 0 Å². The molecule has 1 aliphatic rings. The van der Waals surface area contributed by atoms with Crippen LogP contribution in [0.4, 0.5) is 5.69 Å². The van der Waals surface area contributed by atoms with E-state index in [2.05, 4.69) is 21.5 Å². The van der Waals surface area contributed by atoms with Crippen molar-refractivity contribution in [3.8, 4) is 6.07 Å². The molecule has 0 radical (unpaired) electrons. The molecule has 2 aromatic carbocycles. The normalized spacial score (nSPS) is 18.5. The fraction of sp³-hybridized carbons (Fsp3) is 0.227. The molecular formula is C22H21N5O2. The maximum absolute atomic E-state index is 12.2. The van der Waals surface area contributed by atoms with Gasteiger partial charge in [-0.15, -0.1) is 0 Å². The lowest BCUT2D eigenvalue weighted by molar-refractivity contribution is -0.142. The largest absolute Gasteiger partial charge is 0.481 e. The molecule has 0 fully saturated rings. The van der Waals surface area contributed by atoms with Crippen LogP contribution in [-0.2, 0) is 24.2 Å². The number of carboxylic acids is 1. The molecule has 0 amide bonds. The fourth-order valence-corrected chi connectivity index (χ4v) is 3.81. The number of carboxylic acid groups (broad SMARTS) is 1. The number of aromatic nitrogens is 2. The number of hydrazine groups is 1. The fourth-order valence-electron chi connectivity index (χ4n) is 3.81. The van der Waals surface area contributed by atoms with E-state index in [9.17, 15) is 15.2 Å². The third-order valence-electron chi connectivity index (χ3n) is 5.25. The number of rotatable bonds is 5. The smallest absolute Gasteiger partial charge is 0.308 e. The van der Waals surface area contributed by atoms with Crippen LogP contribution >= 0.6 is 0 Å². The lowest BCUT2D eigenvalue weighted by Gasteiger charge is -2.30. The summed E-state index contributed by atoms with van der Waals surface area (Å²) < 4.78 is 0. The number of imidazole rings is 1. The van der Waals surface area contributed by atoms with Crippen LogP contribution in [0.25, 0.3) is 0 Å². The van der Waals surface area contributed by atoms with Gasteiger partial charge in [0.1, 0.15) is 0 Å². The molecule has 146 valence electrons. The highest BCUT2D eigenvalue weighted by molar-refractivity contribution is 5.73. The first-order chi connectivity index (χ1) is 14.1. The molecule has 0 saturated heterocycles. The molecule has 4 rings (SSSR count). The monoisotopic (exact) mass is 387 g/mol. The van der Waals surface area contributed by atoms with Crippen molar-refractivity contribution in [2.75, 3.05) is 5.01 Å². The number of H-pyrrole nitrogens is 1. The summed E-state index contributed by atoms with van der Waals surface area (Å²) in [6.45, 7) is 0.497. The number of fused-ring (bicyclic) bond motifs is 1. The Bertz CT molecular complexity index is 1030. The number of hydrogen-bond donors (Lipinski definition) is 3. The van der Waals surface area contributed by atoms with E-state index in [1.54, 1.807) is 24.7 Å². The van der Waals surface area contributed by atoms with Gasteiger partial charge in [0.2, 0.25) is 0 Å². The molecular weight excluding hydrogens is 366 g/mol. The minimum atomic E-state index is -0.852. The van der Waals surface area contributed by atoms with Crippen molar-refractivity contribution in [1.29, 1.82) is 5.26 Å². The third-order valence-corrected chi connectivity index (χ3v) is 5.25. The molecule has 1 aromatic heterocycles. The van der Waals surface area contributed by atoms with Crippen LogP contribution in [0.2, 0.25) is 0 Å². The number of nitriles is 1. The molecule has 2 heterocycles. The number of carbonyl (C=O) groups is 1. The summed E-state index contributed by atoms with van der Waals surface area (Å²) in [5.74, 6) is -1.48. The number of aliphatic carboxylic acids is 1. The molecule has 0 spiro atoms. The first-order valence-electron chi connectivity index (χ1n) is 9.45. The standard InChI is InChI=1S/C22H21N5O2/c23-11-16-6-7-21-17(8-16)10-19(22(28)29)20(9-15-4-2-1-3-5-15)26-27(21)13-18-12-24-14-25-18/h1-8,12,14,19-20,26H,9-10,13H2,(H,24,25)(H,28,29)/t19?,20-/m1/s1. The molecule has 0 aliphatic carbocycles. The Morgan fingerprint density at radius 3 is 2.79 bits per heavy atom. The second kappa shape index (κ2) is 8.17. The van der Waals surface area contributed by atoms with Crippen molar-refractivity contribution in [2.24, 2.45) is 5.92 Å². The summed E-state index contributed by atoms with van der Waals surface area (Å²) in [4.78, 5) is 19.3. The zero-order chi connectivity index (χ0) is 20.2. The van der Waals surface area contributed by atoms with Gasteiger partial charge < -0.3 is 15.1 Å². The maximum atomic E-state index is 12.2. The van der Waals surface area contributed by atoms with E-state index in [0.717, 1.165) is 22.5 Å². The van der Waals surface area contributed by atoms with Crippen LogP contribution < -0.4 is 10.4 Å². The molecule has 0 saturated carbocycles. The Labute approximate surface area is 168 Å². The quantitative estimate of drug-likeness (QED) is 0.622. The second-order valence-corrected chi connectivity index (χ2v) is 7.19. The van der Waals surface area contributed by atoms with Gasteiger partial charge in [0.05, 0.1) is 41.8 Å². The van der Waals surface area contributed by atoms with Gasteiger partial charge in [-0.1, -0.05) is 30.3 Å². The molecule has 7 heteroatoms. The van der Waals surface area contributed by atoms with E-state index < -0.39 is 11.9 Å². The van der Waals surface area contributed by atoms with Crippen molar-refractivity contribution in [3.63, 3.8) is 0 Å². The Morgan fingerprint density at radius 2 is 2.10 bits per heavy atom. The van der Waals surface area contributed by atoms with Gasteiger partial charge in [-0.25, -0.2) is 10.4 Å². The molecule has 0 bridgehead atoms. The molecule has 1 unspecified atom stereocenters. The van der Waals surface area contributed by atoms with E-state index in [0.29, 0.717) is 24.9 Å². The summed E-state index contributed by atoms with van der Waals surface area (Å²) in [5.41, 5.74) is 7.67. The summed E-state index contributed by atoms with van der Waals surface area (Å²) in [7, 11) is 0. The van der Waals surface area contributed by atoms with Gasteiger partial charge in [-0.2, -0.15) is 5.26 Å². The first kappa shape index (κ1) is 18.7. The zero-order valence-corrected chi connectivity index (χ0v) is 15.7. The summed E-state index contributed by atoms with van der Waals surface area (Å²) in [5, 5.41) is 21.2. The highest BCUT2D eigenvalue weighted by Crippen LogP contribution is 2.30. The number of anilines is 1. The Morgan fingerprint density at radius 1 is 1.28 bits per heavy atom. The van der Waals surface area contributed by atoms with Crippen LogP contribution in [-0.4, -0.2) is 27.1 Å². The Hall–Kier alpha value is -3.63. The highest BCUT2D eigenvalue weighted by Gasteiger charge is 2.34. The summed E-state index contributed by atoms with van der Waals surface area (Å²) >= 11 is 0. The maximum Gasteiger partial charge on any atom is 0.308 e. The average Bonchev–Trinajstić information content (AvgIpc) is 3.19. The molecule has 7 nitrogen and oxygen atoms in total. The number of nitrogens with zero attached hydrogens (tertiary/aromatic N) is 3. The van der Waals surface area contributed by atoms with Crippen LogP contribution in [0.1, 0.15) is 22.4 Å². The Kier molecular flexibility index (Phi) is 5.27. The van der Waals surface area contributed by atoms with Crippen LogP contribution in [0.5, 0.6) is 0 Å². The van der Waals surface area contributed by atoms with E-state index in [1.807, 2.05) is 41.4 Å². The lowest BCUT2D eigenvalue weighted by atomic mass is 9.88. The van der Waals surface area contributed by atoms with Crippen molar-refractivity contribution >= 4 is 11.7 Å². The molecule has 29 heavy (non-hydrogen) atoms. The number of hydrogen-bond acceptors (Lipinski definition) is 5. The van der Waals surface area contributed by atoms with Crippen LogP contribution in [0, 0.1) is 17.2 Å². The predicted octanol–water partition coefficient (Wildman–Crippen LogP) is 2.66. The molecule has 3 N–H and O–H groups in total. The summed E-state index contributed by atoms with van der Waals surface area (Å²) in [6.07, 6.45) is 4.30. The molecule has 2 atom stereocenters. The SMILES string of the molecule is N#Cc1ccc2c(c1)CC(C(=O)O)[C@@H](Cc1ccccc1)NN2Cc1cnc[nH]1. The minimum absolute atomic E-state index is 0.309. The number of nitrogens with one attached hydrogen (secondary N) is 2. The van der Waals surface area contributed by atoms with Gasteiger partial charge in [0.25, 0.3) is 0 Å². The first-order valence-corrected chi connectivity index (χ1v) is 9.45. The van der Waals surface area contributed by atoms with Crippen molar-refractivity contribution in [3.05, 3.63) is 83.4 Å². The predicted molar refractivity (Wildman–Crippen MR) is 108 cm³/mol.